The summed E-state index contributed by atoms with van der Waals surface area (Å²) in [6.07, 6.45) is 2.03. The summed E-state index contributed by atoms with van der Waals surface area (Å²) in [7, 11) is 1.97. The van der Waals surface area contributed by atoms with E-state index in [0.29, 0.717) is 6.54 Å². The molecule has 0 aliphatic carbocycles. The lowest BCUT2D eigenvalue weighted by Gasteiger charge is -2.29. The van der Waals surface area contributed by atoms with Gasteiger partial charge in [-0.2, -0.15) is 0 Å². The van der Waals surface area contributed by atoms with Gasteiger partial charge in [-0.3, -0.25) is 4.79 Å². The first-order valence-corrected chi connectivity index (χ1v) is 10.2. The predicted molar refractivity (Wildman–Crippen MR) is 111 cm³/mol. The van der Waals surface area contributed by atoms with Crippen LogP contribution in [0.5, 0.6) is 0 Å². The number of aliphatic imine (C=N–C) groups is 1. The van der Waals surface area contributed by atoms with Crippen LogP contribution in [0.15, 0.2) is 34.6 Å². The number of thiazole rings is 1. The Morgan fingerprint density at radius 3 is 2.96 bits per heavy atom. The molecule has 2 aromatic rings. The molecular weight excluding hydrogens is 358 g/mol. The van der Waals surface area contributed by atoms with Gasteiger partial charge < -0.3 is 15.1 Å². The molecule has 6 nitrogen and oxygen atoms in total. The lowest BCUT2D eigenvalue weighted by Crippen LogP contribution is -2.41. The zero-order valence-corrected chi connectivity index (χ0v) is 17.1. The zero-order valence-electron chi connectivity index (χ0n) is 16.2. The molecule has 2 heterocycles. The number of hydrogen-bond acceptors (Lipinski definition) is 4. The normalized spacial score (nSPS) is 14.0. The second-order valence-corrected chi connectivity index (χ2v) is 7.72. The fraction of sp³-hybridized carbons (Fsp3) is 0.450. The maximum absolute atomic E-state index is 12.8. The first-order valence-electron chi connectivity index (χ1n) is 9.37. The van der Waals surface area contributed by atoms with Gasteiger partial charge in [0.05, 0.1) is 17.2 Å². The van der Waals surface area contributed by atoms with Crippen molar-refractivity contribution in [2.24, 2.45) is 4.99 Å². The van der Waals surface area contributed by atoms with Crippen LogP contribution in [0.1, 0.15) is 29.6 Å². The third kappa shape index (κ3) is 4.86. The van der Waals surface area contributed by atoms with Crippen molar-refractivity contribution in [1.29, 1.82) is 0 Å². The molecule has 3 rings (SSSR count). The van der Waals surface area contributed by atoms with Gasteiger partial charge in [0.1, 0.15) is 6.54 Å². The number of benzene rings is 1. The molecule has 0 bridgehead atoms. The standard InChI is InChI=1S/C20H27N5OS/c1-4-21-20(24(3)13-17-14-27-15(2)23-17)22-12-19(26)25-11-7-9-16-8-5-6-10-18(16)25/h5-6,8,10,14H,4,7,9,11-13H2,1-3H3,(H,21,22). The third-order valence-electron chi connectivity index (χ3n) is 4.54. The van der Waals surface area contributed by atoms with E-state index >= 15 is 0 Å². The van der Waals surface area contributed by atoms with E-state index in [4.69, 9.17) is 0 Å². The average molecular weight is 386 g/mol. The largest absolute Gasteiger partial charge is 0.357 e. The Balaban J connectivity index is 1.68. The van der Waals surface area contributed by atoms with Gasteiger partial charge in [0.2, 0.25) is 5.91 Å². The quantitative estimate of drug-likeness (QED) is 0.635. The summed E-state index contributed by atoms with van der Waals surface area (Å²) in [5.74, 6) is 0.761. The van der Waals surface area contributed by atoms with E-state index < -0.39 is 0 Å². The summed E-state index contributed by atoms with van der Waals surface area (Å²) >= 11 is 1.64. The monoisotopic (exact) mass is 385 g/mol. The maximum Gasteiger partial charge on any atom is 0.248 e. The Morgan fingerprint density at radius 2 is 2.22 bits per heavy atom. The minimum absolute atomic E-state index is 0.0375. The summed E-state index contributed by atoms with van der Waals surface area (Å²) < 4.78 is 0. The summed E-state index contributed by atoms with van der Waals surface area (Å²) in [4.78, 5) is 25.8. The molecule has 0 saturated carbocycles. The second-order valence-electron chi connectivity index (χ2n) is 6.66. The fourth-order valence-electron chi connectivity index (χ4n) is 3.29. The number of hydrogen-bond donors (Lipinski definition) is 1. The van der Waals surface area contributed by atoms with Crippen molar-refractivity contribution >= 4 is 28.9 Å². The van der Waals surface area contributed by atoms with E-state index in [2.05, 4.69) is 26.7 Å². The molecule has 0 fully saturated rings. The van der Waals surface area contributed by atoms with Crippen LogP contribution in [-0.2, 0) is 17.8 Å². The highest BCUT2D eigenvalue weighted by Crippen LogP contribution is 2.26. The van der Waals surface area contributed by atoms with Gasteiger partial charge in [-0.15, -0.1) is 11.3 Å². The van der Waals surface area contributed by atoms with Crippen LogP contribution < -0.4 is 10.2 Å². The molecule has 0 saturated heterocycles. The molecule has 1 aliphatic heterocycles. The highest BCUT2D eigenvalue weighted by atomic mass is 32.1. The number of rotatable bonds is 5. The number of nitrogens with zero attached hydrogens (tertiary/aromatic N) is 4. The molecule has 0 radical (unpaired) electrons. The molecule has 1 aromatic carbocycles. The van der Waals surface area contributed by atoms with Crippen LogP contribution in [0.2, 0.25) is 0 Å². The second kappa shape index (κ2) is 8.99. The minimum Gasteiger partial charge on any atom is -0.357 e. The molecule has 144 valence electrons. The Kier molecular flexibility index (Phi) is 6.45. The van der Waals surface area contributed by atoms with Crippen molar-refractivity contribution in [2.45, 2.75) is 33.2 Å². The number of fused-ring (bicyclic) bond motifs is 1. The van der Waals surface area contributed by atoms with E-state index in [-0.39, 0.29) is 12.5 Å². The Morgan fingerprint density at radius 1 is 1.41 bits per heavy atom. The number of para-hydroxylation sites is 1. The molecule has 1 aliphatic rings. The molecule has 0 spiro atoms. The first kappa shape index (κ1) is 19.4. The van der Waals surface area contributed by atoms with Crippen LogP contribution in [-0.4, -0.2) is 48.4 Å². The van der Waals surface area contributed by atoms with Crippen LogP contribution in [0, 0.1) is 6.92 Å². The fourth-order valence-corrected chi connectivity index (χ4v) is 3.89. The molecule has 0 unspecified atom stereocenters. The van der Waals surface area contributed by atoms with Crippen LogP contribution in [0.4, 0.5) is 5.69 Å². The van der Waals surface area contributed by atoms with Crippen molar-refractivity contribution in [2.75, 3.05) is 31.6 Å². The molecule has 1 aromatic heterocycles. The molecule has 7 heteroatoms. The predicted octanol–water partition coefficient (Wildman–Crippen LogP) is 2.83. The summed E-state index contributed by atoms with van der Waals surface area (Å²) in [5.41, 5.74) is 3.28. The van der Waals surface area contributed by atoms with E-state index in [1.165, 1.54) is 5.56 Å². The Labute approximate surface area is 164 Å². The summed E-state index contributed by atoms with van der Waals surface area (Å²) in [6, 6.07) is 8.15. The van der Waals surface area contributed by atoms with Gasteiger partial charge in [-0.25, -0.2) is 9.98 Å². The van der Waals surface area contributed by atoms with E-state index in [9.17, 15) is 4.79 Å². The maximum atomic E-state index is 12.8. The van der Waals surface area contributed by atoms with Gasteiger partial charge in [-0.05, 0) is 38.3 Å². The number of nitrogens with one attached hydrogen (secondary N) is 1. The van der Waals surface area contributed by atoms with Crippen molar-refractivity contribution in [3.05, 3.63) is 45.9 Å². The van der Waals surface area contributed by atoms with Crippen molar-refractivity contribution in [3.8, 4) is 0 Å². The van der Waals surface area contributed by atoms with Gasteiger partial charge in [-0.1, -0.05) is 18.2 Å². The lowest BCUT2D eigenvalue weighted by molar-refractivity contribution is -0.117. The molecule has 1 amide bonds. The van der Waals surface area contributed by atoms with Crippen molar-refractivity contribution in [1.82, 2.24) is 15.2 Å². The highest BCUT2D eigenvalue weighted by Gasteiger charge is 2.22. The number of amides is 1. The zero-order chi connectivity index (χ0) is 19.2. The topological polar surface area (TPSA) is 60.8 Å². The molecule has 1 N–H and O–H groups in total. The number of guanidine groups is 1. The van der Waals surface area contributed by atoms with E-state index in [1.807, 2.05) is 48.9 Å². The Hall–Kier alpha value is -2.41. The number of carbonyl (C=O) groups excluding carboxylic acids is 1. The average Bonchev–Trinajstić information content (AvgIpc) is 3.08. The van der Waals surface area contributed by atoms with Gasteiger partial charge in [0, 0.05) is 31.2 Å². The van der Waals surface area contributed by atoms with Gasteiger partial charge >= 0.3 is 0 Å². The number of aromatic nitrogens is 1. The number of carbonyl (C=O) groups is 1. The van der Waals surface area contributed by atoms with Crippen molar-refractivity contribution in [3.63, 3.8) is 0 Å². The molecular formula is C20H27N5OS. The number of anilines is 1. The Bertz CT molecular complexity index is 816. The minimum atomic E-state index is 0.0375. The number of aryl methyl sites for hydroxylation is 2. The van der Waals surface area contributed by atoms with E-state index in [1.54, 1.807) is 11.3 Å². The highest BCUT2D eigenvalue weighted by molar-refractivity contribution is 7.09. The third-order valence-corrected chi connectivity index (χ3v) is 5.36. The summed E-state index contributed by atoms with van der Waals surface area (Å²) in [6.45, 7) is 6.34. The van der Waals surface area contributed by atoms with Crippen LogP contribution in [0.25, 0.3) is 0 Å². The van der Waals surface area contributed by atoms with Crippen LogP contribution >= 0.6 is 11.3 Å². The van der Waals surface area contributed by atoms with Crippen LogP contribution in [0.3, 0.4) is 0 Å². The van der Waals surface area contributed by atoms with Gasteiger partial charge in [0.25, 0.3) is 0 Å². The van der Waals surface area contributed by atoms with E-state index in [0.717, 1.165) is 48.3 Å². The summed E-state index contributed by atoms with van der Waals surface area (Å²) in [5, 5.41) is 6.38. The smallest absolute Gasteiger partial charge is 0.248 e. The SMILES string of the molecule is CCNC(=NCC(=O)N1CCCc2ccccc21)N(C)Cc1csc(C)n1. The molecule has 0 atom stereocenters. The van der Waals surface area contributed by atoms with Gasteiger partial charge in [0.15, 0.2) is 5.96 Å². The first-order chi connectivity index (χ1) is 13.1. The van der Waals surface area contributed by atoms with Crippen molar-refractivity contribution < 1.29 is 4.79 Å². The lowest BCUT2D eigenvalue weighted by atomic mass is 10.0. The molecule has 27 heavy (non-hydrogen) atoms.